The summed E-state index contributed by atoms with van der Waals surface area (Å²) in [5.74, 6) is 0.995. The van der Waals surface area contributed by atoms with Gasteiger partial charge in [-0.05, 0) is 13.8 Å². The maximum absolute atomic E-state index is 9.99. The van der Waals surface area contributed by atoms with Crippen LogP contribution in [0.4, 0.5) is 0 Å². The molecule has 5 nitrogen and oxygen atoms in total. The summed E-state index contributed by atoms with van der Waals surface area (Å²) in [7, 11) is 0. The molecule has 1 amide bonds. The molecule has 0 aliphatic heterocycles. The average molecular weight is 155 g/mol. The van der Waals surface area contributed by atoms with Gasteiger partial charge in [-0.15, -0.1) is 0 Å². The van der Waals surface area contributed by atoms with Crippen molar-refractivity contribution in [3.8, 4) is 0 Å². The summed E-state index contributed by atoms with van der Waals surface area (Å²) in [4.78, 5) is 13.9. The quantitative estimate of drug-likeness (QED) is 0.632. The minimum Gasteiger partial charge on any atom is -0.347 e. The van der Waals surface area contributed by atoms with Gasteiger partial charge in [-0.1, -0.05) is 5.16 Å². The molecule has 1 atom stereocenters. The molecule has 1 rings (SSSR count). The molecular weight excluding hydrogens is 146 g/mol. The Morgan fingerprint density at radius 2 is 2.45 bits per heavy atom. The van der Waals surface area contributed by atoms with Gasteiger partial charge in [-0.3, -0.25) is 4.79 Å². The first-order chi connectivity index (χ1) is 5.24. The van der Waals surface area contributed by atoms with Gasteiger partial charge in [-0.2, -0.15) is 4.98 Å². The molecule has 11 heavy (non-hydrogen) atoms. The van der Waals surface area contributed by atoms with Crippen LogP contribution < -0.4 is 5.32 Å². The monoisotopic (exact) mass is 155 g/mol. The maximum atomic E-state index is 9.99. The molecule has 0 radical (unpaired) electrons. The summed E-state index contributed by atoms with van der Waals surface area (Å²) >= 11 is 0. The molecule has 0 aliphatic rings. The van der Waals surface area contributed by atoms with Crippen LogP contribution in [0.2, 0.25) is 0 Å². The molecule has 1 heterocycles. The number of nitrogens with one attached hydrogen (secondary N) is 1. The third kappa shape index (κ3) is 1.76. The van der Waals surface area contributed by atoms with E-state index in [9.17, 15) is 4.79 Å². The smallest absolute Gasteiger partial charge is 0.248 e. The molecule has 0 aromatic carbocycles. The van der Waals surface area contributed by atoms with Gasteiger partial charge in [0.25, 0.3) is 0 Å². The van der Waals surface area contributed by atoms with Crippen molar-refractivity contribution >= 4 is 6.41 Å². The maximum Gasteiger partial charge on any atom is 0.248 e. The van der Waals surface area contributed by atoms with E-state index in [-0.39, 0.29) is 6.04 Å². The second kappa shape index (κ2) is 3.14. The van der Waals surface area contributed by atoms with Crippen molar-refractivity contribution in [1.82, 2.24) is 15.5 Å². The molecule has 1 aromatic heterocycles. The first kappa shape index (κ1) is 7.71. The van der Waals surface area contributed by atoms with E-state index < -0.39 is 0 Å². The highest BCUT2D eigenvalue weighted by Crippen LogP contribution is 2.07. The summed E-state index contributed by atoms with van der Waals surface area (Å²) in [6.07, 6.45) is 0.601. The van der Waals surface area contributed by atoms with Gasteiger partial charge in [0.05, 0.1) is 0 Å². The number of nitrogens with zero attached hydrogens (tertiary/aromatic N) is 2. The molecule has 0 bridgehead atoms. The summed E-state index contributed by atoms with van der Waals surface area (Å²) in [5.41, 5.74) is 0. The van der Waals surface area contributed by atoms with E-state index >= 15 is 0 Å². The molecule has 0 fully saturated rings. The van der Waals surface area contributed by atoms with Crippen molar-refractivity contribution in [2.24, 2.45) is 0 Å². The van der Waals surface area contributed by atoms with Crippen LogP contribution >= 0.6 is 0 Å². The van der Waals surface area contributed by atoms with Crippen molar-refractivity contribution in [1.29, 1.82) is 0 Å². The van der Waals surface area contributed by atoms with Crippen molar-refractivity contribution in [2.75, 3.05) is 0 Å². The Hall–Kier alpha value is -1.39. The second-order valence-electron chi connectivity index (χ2n) is 2.19. The fraction of sp³-hybridized carbons (Fsp3) is 0.500. The van der Waals surface area contributed by atoms with E-state index in [0.717, 1.165) is 0 Å². The molecule has 1 N–H and O–H groups in total. The highest BCUT2D eigenvalue weighted by atomic mass is 16.5. The predicted octanol–water partition coefficient (Wildman–Crippen LogP) is 0.185. The number of amides is 1. The second-order valence-corrected chi connectivity index (χ2v) is 2.19. The molecular formula is C6H9N3O2. The zero-order valence-electron chi connectivity index (χ0n) is 6.37. The molecule has 0 aliphatic carbocycles. The summed E-state index contributed by atoms with van der Waals surface area (Å²) in [6.45, 7) is 3.49. The van der Waals surface area contributed by atoms with E-state index in [2.05, 4.69) is 15.5 Å². The number of carbonyl (C=O) groups excluding carboxylic acids is 1. The number of aromatic nitrogens is 2. The summed E-state index contributed by atoms with van der Waals surface area (Å²) in [6, 6.07) is -0.214. The fourth-order valence-electron chi connectivity index (χ4n) is 0.662. The number of aryl methyl sites for hydroxylation is 1. The van der Waals surface area contributed by atoms with Gasteiger partial charge in [0, 0.05) is 0 Å². The molecule has 60 valence electrons. The van der Waals surface area contributed by atoms with E-state index in [4.69, 9.17) is 4.52 Å². The Kier molecular flexibility index (Phi) is 2.20. The number of rotatable bonds is 3. The summed E-state index contributed by atoms with van der Waals surface area (Å²) < 4.78 is 4.80. The lowest BCUT2D eigenvalue weighted by Gasteiger charge is -2.01. The SMILES string of the molecule is Cc1noc(C(C)NC=O)n1. The zero-order valence-corrected chi connectivity index (χ0v) is 6.37. The molecule has 0 spiro atoms. The van der Waals surface area contributed by atoms with Crippen LogP contribution in [0.15, 0.2) is 4.52 Å². The van der Waals surface area contributed by atoms with Gasteiger partial charge in [0.15, 0.2) is 5.82 Å². The van der Waals surface area contributed by atoms with Gasteiger partial charge in [-0.25, -0.2) is 0 Å². The van der Waals surface area contributed by atoms with E-state index in [1.165, 1.54) is 0 Å². The van der Waals surface area contributed by atoms with Gasteiger partial charge in [0.1, 0.15) is 6.04 Å². The van der Waals surface area contributed by atoms with Gasteiger partial charge < -0.3 is 9.84 Å². The van der Waals surface area contributed by atoms with Crippen molar-refractivity contribution in [2.45, 2.75) is 19.9 Å². The Bertz CT molecular complexity index is 246. The summed E-state index contributed by atoms with van der Waals surface area (Å²) in [5, 5.41) is 6.08. The minimum atomic E-state index is -0.214. The lowest BCUT2D eigenvalue weighted by Crippen LogP contribution is -2.16. The van der Waals surface area contributed by atoms with E-state index in [1.54, 1.807) is 13.8 Å². The van der Waals surface area contributed by atoms with Crippen molar-refractivity contribution < 1.29 is 9.32 Å². The Balaban J connectivity index is 2.67. The predicted molar refractivity (Wildman–Crippen MR) is 36.6 cm³/mol. The highest BCUT2D eigenvalue weighted by molar-refractivity contribution is 5.46. The van der Waals surface area contributed by atoms with Crippen LogP contribution in [-0.4, -0.2) is 16.6 Å². The third-order valence-corrected chi connectivity index (χ3v) is 1.23. The van der Waals surface area contributed by atoms with E-state index in [1.807, 2.05) is 0 Å². The van der Waals surface area contributed by atoms with Crippen LogP contribution in [-0.2, 0) is 4.79 Å². The van der Waals surface area contributed by atoms with Crippen molar-refractivity contribution in [3.05, 3.63) is 11.7 Å². The normalized spacial score (nSPS) is 12.5. The van der Waals surface area contributed by atoms with Crippen LogP contribution in [0.25, 0.3) is 0 Å². The highest BCUT2D eigenvalue weighted by Gasteiger charge is 2.10. The average Bonchev–Trinajstić information content (AvgIpc) is 2.36. The third-order valence-electron chi connectivity index (χ3n) is 1.23. The Morgan fingerprint density at radius 1 is 1.73 bits per heavy atom. The number of carbonyl (C=O) groups is 1. The topological polar surface area (TPSA) is 68.0 Å². The first-order valence-electron chi connectivity index (χ1n) is 3.24. The zero-order chi connectivity index (χ0) is 8.27. The molecule has 0 saturated heterocycles. The standard InChI is InChI=1S/C6H9N3O2/c1-4(7-3-10)6-8-5(2)9-11-6/h3-4H,1-2H3,(H,7,10). The Labute approximate surface area is 63.8 Å². The molecule has 1 unspecified atom stereocenters. The van der Waals surface area contributed by atoms with Gasteiger partial charge in [0.2, 0.25) is 12.3 Å². The van der Waals surface area contributed by atoms with Crippen LogP contribution in [0.1, 0.15) is 24.7 Å². The lowest BCUT2D eigenvalue weighted by molar-refractivity contribution is -0.110. The number of hydrogen-bond acceptors (Lipinski definition) is 4. The minimum absolute atomic E-state index is 0.214. The Morgan fingerprint density at radius 3 is 2.91 bits per heavy atom. The molecule has 5 heteroatoms. The largest absolute Gasteiger partial charge is 0.347 e. The van der Waals surface area contributed by atoms with Crippen LogP contribution in [0.5, 0.6) is 0 Å². The van der Waals surface area contributed by atoms with Crippen molar-refractivity contribution in [3.63, 3.8) is 0 Å². The fourth-order valence-corrected chi connectivity index (χ4v) is 0.662. The van der Waals surface area contributed by atoms with Gasteiger partial charge >= 0.3 is 0 Å². The van der Waals surface area contributed by atoms with Crippen LogP contribution in [0, 0.1) is 6.92 Å². The van der Waals surface area contributed by atoms with Crippen LogP contribution in [0.3, 0.4) is 0 Å². The molecule has 1 aromatic rings. The lowest BCUT2D eigenvalue weighted by atomic mass is 10.3. The molecule has 0 saturated carbocycles. The number of hydrogen-bond donors (Lipinski definition) is 1. The first-order valence-corrected chi connectivity index (χ1v) is 3.24. The van der Waals surface area contributed by atoms with E-state index in [0.29, 0.717) is 18.1 Å².